The highest BCUT2D eigenvalue weighted by Crippen LogP contribution is 2.29. The molecule has 0 spiro atoms. The first kappa shape index (κ1) is 17.8. The minimum atomic E-state index is -0.298. The lowest BCUT2D eigenvalue weighted by atomic mass is 10.3. The van der Waals surface area contributed by atoms with E-state index in [0.717, 1.165) is 11.8 Å². The lowest BCUT2D eigenvalue weighted by molar-refractivity contribution is -0.113. The third-order valence-electron chi connectivity index (χ3n) is 2.63. The Morgan fingerprint density at radius 2 is 2.22 bits per heavy atom. The number of anilines is 1. The average molecular weight is 374 g/mol. The Bertz CT molecular complexity index is 767. The van der Waals surface area contributed by atoms with E-state index >= 15 is 0 Å². The lowest BCUT2D eigenvalue weighted by Gasteiger charge is -2.08. The van der Waals surface area contributed by atoms with Crippen LogP contribution in [-0.2, 0) is 16.1 Å². The average Bonchev–Trinajstić information content (AvgIpc) is 2.50. The van der Waals surface area contributed by atoms with Crippen LogP contribution >= 0.6 is 35.0 Å². The van der Waals surface area contributed by atoms with Crippen LogP contribution in [0.4, 0.5) is 5.69 Å². The molecule has 9 heteroatoms. The summed E-state index contributed by atoms with van der Waals surface area (Å²) in [7, 11) is 1.51. The van der Waals surface area contributed by atoms with E-state index in [1.807, 2.05) is 0 Å². The zero-order valence-corrected chi connectivity index (χ0v) is 14.4. The molecule has 0 unspecified atom stereocenters. The number of nitrogens with one attached hydrogen (secondary N) is 2. The minimum absolute atomic E-state index is 0.0578. The quantitative estimate of drug-likeness (QED) is 0.600. The molecule has 1 heterocycles. The summed E-state index contributed by atoms with van der Waals surface area (Å²) in [4.78, 5) is 30.2. The highest BCUT2D eigenvalue weighted by molar-refractivity contribution is 7.99. The number of hydrogen-bond acceptors (Lipinski definition) is 5. The number of thioether (sulfide) groups is 1. The van der Waals surface area contributed by atoms with Crippen LogP contribution in [0.2, 0.25) is 10.0 Å². The van der Waals surface area contributed by atoms with E-state index in [4.69, 9.17) is 27.9 Å². The van der Waals surface area contributed by atoms with Crippen LogP contribution in [0.1, 0.15) is 5.69 Å². The number of carbonyl (C=O) groups excluding carboxylic acids is 1. The van der Waals surface area contributed by atoms with Gasteiger partial charge in [0.25, 0.3) is 5.56 Å². The maximum atomic E-state index is 12.0. The van der Waals surface area contributed by atoms with Gasteiger partial charge in [-0.1, -0.05) is 41.0 Å². The van der Waals surface area contributed by atoms with Gasteiger partial charge in [-0.15, -0.1) is 0 Å². The summed E-state index contributed by atoms with van der Waals surface area (Å²) in [6.45, 7) is 0.224. The van der Waals surface area contributed by atoms with Crippen LogP contribution in [0.25, 0.3) is 0 Å². The molecule has 0 saturated heterocycles. The zero-order chi connectivity index (χ0) is 16.8. The molecule has 0 fully saturated rings. The van der Waals surface area contributed by atoms with Crippen molar-refractivity contribution in [3.8, 4) is 0 Å². The molecule has 23 heavy (non-hydrogen) atoms. The molecule has 0 aliphatic rings. The Kier molecular flexibility index (Phi) is 6.47. The van der Waals surface area contributed by atoms with Crippen molar-refractivity contribution in [2.24, 2.45) is 0 Å². The number of rotatable bonds is 6. The summed E-state index contributed by atoms with van der Waals surface area (Å²) in [6, 6.07) is 6.31. The molecule has 0 aliphatic carbocycles. The predicted molar refractivity (Wildman–Crippen MR) is 91.4 cm³/mol. The number of aromatic amines is 1. The molecule has 122 valence electrons. The number of H-pyrrole nitrogens is 1. The molecule has 2 rings (SSSR count). The summed E-state index contributed by atoms with van der Waals surface area (Å²) in [5.41, 5.74) is 0.629. The number of methoxy groups -OCH3 is 1. The van der Waals surface area contributed by atoms with Crippen molar-refractivity contribution >= 4 is 46.6 Å². The molecule has 1 aromatic heterocycles. The number of amides is 1. The Hall–Kier alpha value is -1.54. The van der Waals surface area contributed by atoms with Crippen molar-refractivity contribution < 1.29 is 9.53 Å². The second-order valence-corrected chi connectivity index (χ2v) is 6.16. The standard InChI is InChI=1S/C14H13Cl2N3O3S/c1-22-6-8-5-11(20)19-14(17-8)23-7-12(21)18-10-4-2-3-9(15)13(10)16/h2-5H,6-7H2,1H3,(H,18,21)(H,17,19,20). The highest BCUT2D eigenvalue weighted by Gasteiger charge is 2.10. The first-order valence-corrected chi connectivity index (χ1v) is 8.19. The fourth-order valence-electron chi connectivity index (χ4n) is 1.69. The molecule has 0 bridgehead atoms. The molecule has 0 atom stereocenters. The Morgan fingerprint density at radius 3 is 2.96 bits per heavy atom. The van der Waals surface area contributed by atoms with Gasteiger partial charge in [-0.05, 0) is 12.1 Å². The molecule has 1 aromatic carbocycles. The van der Waals surface area contributed by atoms with Crippen molar-refractivity contribution in [2.45, 2.75) is 11.8 Å². The number of benzene rings is 1. The highest BCUT2D eigenvalue weighted by atomic mass is 35.5. The van der Waals surface area contributed by atoms with Gasteiger partial charge in [0, 0.05) is 13.2 Å². The first-order valence-electron chi connectivity index (χ1n) is 6.45. The van der Waals surface area contributed by atoms with E-state index < -0.39 is 0 Å². The van der Waals surface area contributed by atoms with E-state index in [2.05, 4.69) is 15.3 Å². The van der Waals surface area contributed by atoms with E-state index in [1.165, 1.54) is 13.2 Å². The monoisotopic (exact) mass is 373 g/mol. The first-order chi connectivity index (χ1) is 11.0. The van der Waals surface area contributed by atoms with E-state index in [1.54, 1.807) is 18.2 Å². The predicted octanol–water partition coefficient (Wildman–Crippen LogP) is 2.95. The van der Waals surface area contributed by atoms with Gasteiger partial charge in [0.2, 0.25) is 5.91 Å². The number of carbonyl (C=O) groups is 1. The van der Waals surface area contributed by atoms with Crippen molar-refractivity contribution in [3.05, 3.63) is 50.4 Å². The Balaban J connectivity index is 1.99. The Morgan fingerprint density at radius 1 is 1.43 bits per heavy atom. The maximum absolute atomic E-state index is 12.0. The van der Waals surface area contributed by atoms with Crippen LogP contribution < -0.4 is 10.9 Å². The topological polar surface area (TPSA) is 84.1 Å². The van der Waals surface area contributed by atoms with Crippen molar-refractivity contribution in [1.29, 1.82) is 0 Å². The third-order valence-corrected chi connectivity index (χ3v) is 4.32. The van der Waals surface area contributed by atoms with Crippen LogP contribution in [-0.4, -0.2) is 28.7 Å². The second-order valence-electron chi connectivity index (χ2n) is 4.41. The van der Waals surface area contributed by atoms with Crippen LogP contribution in [0, 0.1) is 0 Å². The van der Waals surface area contributed by atoms with Gasteiger partial charge in [-0.25, -0.2) is 4.98 Å². The number of halogens is 2. The molecule has 2 aromatic rings. The van der Waals surface area contributed by atoms with Gasteiger partial charge in [-0.3, -0.25) is 9.59 Å². The van der Waals surface area contributed by atoms with Crippen LogP contribution in [0.15, 0.2) is 34.2 Å². The molecule has 0 aliphatic heterocycles. The van der Waals surface area contributed by atoms with Crippen molar-refractivity contribution in [1.82, 2.24) is 9.97 Å². The van der Waals surface area contributed by atoms with Crippen molar-refractivity contribution in [2.75, 3.05) is 18.2 Å². The summed E-state index contributed by atoms with van der Waals surface area (Å²) >= 11 is 13.0. The van der Waals surface area contributed by atoms with Crippen LogP contribution in [0.3, 0.4) is 0 Å². The number of aromatic nitrogens is 2. The third kappa shape index (κ3) is 5.24. The lowest BCUT2D eigenvalue weighted by Crippen LogP contribution is -2.16. The van der Waals surface area contributed by atoms with E-state index in [0.29, 0.717) is 21.6 Å². The van der Waals surface area contributed by atoms with Crippen LogP contribution in [0.5, 0.6) is 0 Å². The fraction of sp³-hybridized carbons (Fsp3) is 0.214. The van der Waals surface area contributed by atoms with Gasteiger partial charge in [0.1, 0.15) is 0 Å². The largest absolute Gasteiger partial charge is 0.378 e. The second kappa shape index (κ2) is 8.35. The summed E-state index contributed by atoms with van der Waals surface area (Å²) < 4.78 is 4.94. The summed E-state index contributed by atoms with van der Waals surface area (Å²) in [5.74, 6) is -0.235. The van der Waals surface area contributed by atoms with Crippen molar-refractivity contribution in [3.63, 3.8) is 0 Å². The zero-order valence-electron chi connectivity index (χ0n) is 12.1. The number of ether oxygens (including phenoxy) is 1. The van der Waals surface area contributed by atoms with Gasteiger partial charge in [0.05, 0.1) is 33.8 Å². The fourth-order valence-corrected chi connectivity index (χ4v) is 2.74. The van der Waals surface area contributed by atoms with E-state index in [-0.39, 0.29) is 28.8 Å². The molecular formula is C14H13Cl2N3O3S. The van der Waals surface area contributed by atoms with E-state index in [9.17, 15) is 9.59 Å². The molecule has 0 saturated carbocycles. The summed E-state index contributed by atoms with van der Waals surface area (Å²) in [6.07, 6.45) is 0. The minimum Gasteiger partial charge on any atom is -0.378 e. The molecule has 2 N–H and O–H groups in total. The number of hydrogen-bond donors (Lipinski definition) is 2. The Labute approximate surface area is 146 Å². The maximum Gasteiger partial charge on any atom is 0.251 e. The molecular weight excluding hydrogens is 361 g/mol. The smallest absolute Gasteiger partial charge is 0.251 e. The number of nitrogens with zero attached hydrogens (tertiary/aromatic N) is 1. The van der Waals surface area contributed by atoms with Gasteiger partial charge in [-0.2, -0.15) is 0 Å². The summed E-state index contributed by atoms with van der Waals surface area (Å²) in [5, 5.41) is 3.64. The van der Waals surface area contributed by atoms with Gasteiger partial charge < -0.3 is 15.0 Å². The van der Waals surface area contributed by atoms with Gasteiger partial charge in [0.15, 0.2) is 5.16 Å². The van der Waals surface area contributed by atoms with Gasteiger partial charge >= 0.3 is 0 Å². The normalized spacial score (nSPS) is 10.6. The molecule has 6 nitrogen and oxygen atoms in total. The molecule has 1 amide bonds. The molecule has 0 radical (unpaired) electrons. The SMILES string of the molecule is COCc1cc(=O)[nH]c(SCC(=O)Nc2cccc(Cl)c2Cl)n1.